The molecule has 150 valence electrons. The second-order valence-corrected chi connectivity index (χ2v) is 9.06. The molecule has 1 heterocycles. The first kappa shape index (κ1) is 19.8. The van der Waals surface area contributed by atoms with Crippen molar-refractivity contribution in [1.29, 1.82) is 0 Å². The van der Waals surface area contributed by atoms with Crippen molar-refractivity contribution in [2.75, 3.05) is 32.4 Å². The molecule has 0 aromatic heterocycles. The Morgan fingerprint density at radius 1 is 0.931 bits per heavy atom. The van der Waals surface area contributed by atoms with E-state index < -0.39 is 10.8 Å². The molecule has 0 saturated carbocycles. The van der Waals surface area contributed by atoms with E-state index in [0.29, 0.717) is 11.3 Å². The molecule has 1 aliphatic heterocycles. The van der Waals surface area contributed by atoms with Crippen LogP contribution in [-0.4, -0.2) is 52.4 Å². The average Bonchev–Trinajstić information content (AvgIpc) is 2.74. The SMILES string of the molecule is CS(=O)Cc1cccc(C(=O)N2CCN(Cc3cccc4ccccc34)CC2)c1. The Bertz CT molecular complexity index is 1040. The smallest absolute Gasteiger partial charge is 0.253 e. The first-order valence-electron chi connectivity index (χ1n) is 9.97. The fourth-order valence-corrected chi connectivity index (χ4v) is 4.64. The van der Waals surface area contributed by atoms with Gasteiger partial charge in [-0.1, -0.05) is 54.6 Å². The van der Waals surface area contributed by atoms with Gasteiger partial charge in [-0.15, -0.1) is 0 Å². The molecule has 0 N–H and O–H groups in total. The van der Waals surface area contributed by atoms with Crippen molar-refractivity contribution in [2.45, 2.75) is 12.3 Å². The zero-order valence-electron chi connectivity index (χ0n) is 16.7. The highest BCUT2D eigenvalue weighted by atomic mass is 32.2. The van der Waals surface area contributed by atoms with E-state index in [9.17, 15) is 9.00 Å². The normalized spacial score (nSPS) is 16.1. The van der Waals surface area contributed by atoms with Crippen LogP contribution in [0.1, 0.15) is 21.5 Å². The van der Waals surface area contributed by atoms with Crippen LogP contribution in [0.3, 0.4) is 0 Å². The molecule has 29 heavy (non-hydrogen) atoms. The predicted molar refractivity (Wildman–Crippen MR) is 119 cm³/mol. The Labute approximate surface area is 174 Å². The van der Waals surface area contributed by atoms with Gasteiger partial charge >= 0.3 is 0 Å². The lowest BCUT2D eigenvalue weighted by Gasteiger charge is -2.35. The molecule has 4 nitrogen and oxygen atoms in total. The number of carbonyl (C=O) groups excluding carboxylic acids is 1. The van der Waals surface area contributed by atoms with Crippen molar-refractivity contribution < 1.29 is 9.00 Å². The van der Waals surface area contributed by atoms with Gasteiger partial charge in [0.2, 0.25) is 0 Å². The van der Waals surface area contributed by atoms with Crippen molar-refractivity contribution in [3.63, 3.8) is 0 Å². The van der Waals surface area contributed by atoms with E-state index in [1.165, 1.54) is 16.3 Å². The third-order valence-corrected chi connectivity index (χ3v) is 6.22. The predicted octanol–water partition coefficient (Wildman–Crippen LogP) is 3.68. The highest BCUT2D eigenvalue weighted by molar-refractivity contribution is 7.83. The number of piperazine rings is 1. The number of benzene rings is 3. The van der Waals surface area contributed by atoms with E-state index in [0.717, 1.165) is 38.3 Å². The van der Waals surface area contributed by atoms with Crippen LogP contribution < -0.4 is 0 Å². The van der Waals surface area contributed by atoms with Crippen LogP contribution >= 0.6 is 0 Å². The van der Waals surface area contributed by atoms with Gasteiger partial charge in [-0.25, -0.2) is 0 Å². The maximum absolute atomic E-state index is 12.9. The summed E-state index contributed by atoms with van der Waals surface area (Å²) in [6.45, 7) is 4.10. The molecule has 0 aliphatic carbocycles. The average molecular weight is 407 g/mol. The second kappa shape index (κ2) is 8.89. The summed E-state index contributed by atoms with van der Waals surface area (Å²) in [6, 6.07) is 22.5. The van der Waals surface area contributed by atoms with Gasteiger partial charge in [-0.05, 0) is 34.0 Å². The number of amides is 1. The Hall–Kier alpha value is -2.50. The molecule has 1 saturated heterocycles. The van der Waals surface area contributed by atoms with Gasteiger partial charge in [-0.3, -0.25) is 13.9 Å². The van der Waals surface area contributed by atoms with Crippen molar-refractivity contribution >= 4 is 27.5 Å². The van der Waals surface area contributed by atoms with Gasteiger partial charge in [0.1, 0.15) is 0 Å². The number of nitrogens with zero attached hydrogens (tertiary/aromatic N) is 2. The summed E-state index contributed by atoms with van der Waals surface area (Å²) in [5.74, 6) is 0.554. The molecule has 0 bridgehead atoms. The quantitative estimate of drug-likeness (QED) is 0.649. The summed E-state index contributed by atoms with van der Waals surface area (Å²) in [7, 11) is -0.909. The molecule has 3 aromatic rings. The molecule has 0 radical (unpaired) electrons. The molecule has 0 spiro atoms. The van der Waals surface area contributed by atoms with Gasteiger partial charge in [0.05, 0.1) is 0 Å². The van der Waals surface area contributed by atoms with Crippen LogP contribution in [0, 0.1) is 0 Å². The van der Waals surface area contributed by atoms with Gasteiger partial charge in [-0.2, -0.15) is 0 Å². The van der Waals surface area contributed by atoms with Crippen LogP contribution in [0.2, 0.25) is 0 Å². The second-order valence-electron chi connectivity index (χ2n) is 7.62. The minimum atomic E-state index is -0.909. The minimum Gasteiger partial charge on any atom is -0.336 e. The van der Waals surface area contributed by atoms with E-state index in [1.54, 1.807) is 6.26 Å². The van der Waals surface area contributed by atoms with Crippen LogP contribution in [0.25, 0.3) is 10.8 Å². The van der Waals surface area contributed by atoms with Crippen molar-refractivity contribution in [3.8, 4) is 0 Å². The molecule has 1 amide bonds. The monoisotopic (exact) mass is 406 g/mol. The molecule has 1 fully saturated rings. The zero-order valence-corrected chi connectivity index (χ0v) is 17.5. The van der Waals surface area contributed by atoms with Crippen molar-refractivity contribution in [1.82, 2.24) is 9.80 Å². The molecule has 5 heteroatoms. The third kappa shape index (κ3) is 4.74. The maximum Gasteiger partial charge on any atom is 0.253 e. The molecule has 1 unspecified atom stereocenters. The van der Waals surface area contributed by atoms with Crippen molar-refractivity contribution in [2.24, 2.45) is 0 Å². The molecular formula is C24H26N2O2S. The summed E-state index contributed by atoms with van der Waals surface area (Å²) in [5, 5.41) is 2.57. The summed E-state index contributed by atoms with van der Waals surface area (Å²) < 4.78 is 11.5. The van der Waals surface area contributed by atoms with Gasteiger partial charge < -0.3 is 4.90 Å². The molecule has 1 atom stereocenters. The van der Waals surface area contributed by atoms with Gasteiger partial charge in [0.25, 0.3) is 5.91 Å². The number of hydrogen-bond donors (Lipinski definition) is 0. The molecule has 1 aliphatic rings. The fourth-order valence-electron chi connectivity index (χ4n) is 3.99. The Kier molecular flexibility index (Phi) is 6.07. The van der Waals surface area contributed by atoms with E-state index >= 15 is 0 Å². The van der Waals surface area contributed by atoms with E-state index in [4.69, 9.17) is 0 Å². The topological polar surface area (TPSA) is 40.6 Å². The summed E-state index contributed by atoms with van der Waals surface area (Å²) in [5.41, 5.74) is 2.98. The summed E-state index contributed by atoms with van der Waals surface area (Å²) in [6.07, 6.45) is 1.68. The van der Waals surface area contributed by atoms with Crippen LogP contribution in [0.5, 0.6) is 0 Å². The lowest BCUT2D eigenvalue weighted by Crippen LogP contribution is -2.48. The lowest BCUT2D eigenvalue weighted by atomic mass is 10.0. The molecule has 3 aromatic carbocycles. The van der Waals surface area contributed by atoms with Crippen LogP contribution in [0.4, 0.5) is 0 Å². The summed E-state index contributed by atoms with van der Waals surface area (Å²) in [4.78, 5) is 17.3. The molecular weight excluding hydrogens is 380 g/mol. The largest absolute Gasteiger partial charge is 0.336 e. The number of carbonyl (C=O) groups is 1. The molecule has 4 rings (SSSR count). The number of fused-ring (bicyclic) bond motifs is 1. The van der Waals surface area contributed by atoms with E-state index in [2.05, 4.69) is 47.4 Å². The van der Waals surface area contributed by atoms with E-state index in [-0.39, 0.29) is 5.91 Å². The first-order chi connectivity index (χ1) is 14.1. The van der Waals surface area contributed by atoms with E-state index in [1.807, 2.05) is 29.2 Å². The lowest BCUT2D eigenvalue weighted by molar-refractivity contribution is 0.0629. The minimum absolute atomic E-state index is 0.0681. The Balaban J connectivity index is 1.39. The highest BCUT2D eigenvalue weighted by Gasteiger charge is 2.22. The fraction of sp³-hybridized carbons (Fsp3) is 0.292. The third-order valence-electron chi connectivity index (χ3n) is 5.48. The standard InChI is InChI=1S/C24H26N2O2S/c1-29(28)18-19-6-4-9-21(16-19)24(27)26-14-12-25(13-15-26)17-22-10-5-8-20-7-2-3-11-23(20)22/h2-11,16H,12-15,17-18H2,1H3. The zero-order chi connectivity index (χ0) is 20.2. The number of hydrogen-bond acceptors (Lipinski definition) is 3. The van der Waals surface area contributed by atoms with Crippen molar-refractivity contribution in [3.05, 3.63) is 83.4 Å². The Morgan fingerprint density at radius 3 is 2.45 bits per heavy atom. The maximum atomic E-state index is 12.9. The van der Waals surface area contributed by atoms with Crippen LogP contribution in [0.15, 0.2) is 66.7 Å². The number of rotatable bonds is 5. The van der Waals surface area contributed by atoms with Crippen LogP contribution in [-0.2, 0) is 23.1 Å². The Morgan fingerprint density at radius 2 is 1.66 bits per heavy atom. The first-order valence-corrected chi connectivity index (χ1v) is 11.7. The van der Waals surface area contributed by atoms with Gasteiger partial charge in [0.15, 0.2) is 0 Å². The summed E-state index contributed by atoms with van der Waals surface area (Å²) >= 11 is 0. The van der Waals surface area contributed by atoms with Gasteiger partial charge in [0, 0.05) is 61.1 Å². The highest BCUT2D eigenvalue weighted by Crippen LogP contribution is 2.21.